The Morgan fingerprint density at radius 3 is 1.74 bits per heavy atom. The minimum Gasteiger partial charge on any atom is -0.384 e. The van der Waals surface area contributed by atoms with Gasteiger partial charge >= 0.3 is 0 Å². The summed E-state index contributed by atoms with van der Waals surface area (Å²) in [5.41, 5.74) is -6.54. The molecule has 0 aromatic carbocycles. The quantitative estimate of drug-likeness (QED) is 0.718. The number of hydrogen-bond donors (Lipinski definition) is 2. The summed E-state index contributed by atoms with van der Waals surface area (Å²) in [6, 6.07) is 0. The minimum absolute atomic E-state index is 0.553. The Morgan fingerprint density at radius 2 is 1.42 bits per heavy atom. The van der Waals surface area contributed by atoms with Gasteiger partial charge in [0.25, 0.3) is 0 Å². The van der Waals surface area contributed by atoms with E-state index in [4.69, 9.17) is 14.2 Å². The van der Waals surface area contributed by atoms with E-state index in [-0.39, 0.29) is 0 Å². The highest BCUT2D eigenvalue weighted by Gasteiger charge is 2.75. The van der Waals surface area contributed by atoms with Crippen LogP contribution in [0.5, 0.6) is 0 Å². The molecule has 1 rings (SSSR count). The van der Waals surface area contributed by atoms with Gasteiger partial charge in [-0.1, -0.05) is 0 Å². The zero-order valence-corrected chi connectivity index (χ0v) is 12.6. The fraction of sp³-hybridized carbons (Fsp3) is 0.923. The van der Waals surface area contributed by atoms with Gasteiger partial charge in [-0.05, 0) is 34.6 Å². The molecular weight excluding hydrogens is 252 g/mol. The van der Waals surface area contributed by atoms with Crippen molar-refractivity contribution < 1.29 is 29.2 Å². The Hall–Kier alpha value is -0.530. The lowest BCUT2D eigenvalue weighted by molar-refractivity contribution is -0.441. The summed E-state index contributed by atoms with van der Waals surface area (Å²) >= 11 is 0. The highest BCUT2D eigenvalue weighted by Crippen LogP contribution is 2.54. The summed E-state index contributed by atoms with van der Waals surface area (Å²) < 4.78 is 16.3. The first-order chi connectivity index (χ1) is 8.39. The fourth-order valence-electron chi connectivity index (χ4n) is 2.77. The van der Waals surface area contributed by atoms with Crippen LogP contribution in [0.2, 0.25) is 0 Å². The molecule has 1 aliphatic rings. The zero-order chi connectivity index (χ0) is 15.3. The number of aldehydes is 1. The van der Waals surface area contributed by atoms with E-state index in [0.717, 1.165) is 0 Å². The van der Waals surface area contributed by atoms with Crippen LogP contribution >= 0.6 is 0 Å². The van der Waals surface area contributed by atoms with Crippen molar-refractivity contribution in [3.63, 3.8) is 0 Å². The van der Waals surface area contributed by atoms with E-state index in [1.807, 2.05) is 0 Å². The van der Waals surface area contributed by atoms with Crippen molar-refractivity contribution in [2.45, 2.75) is 62.8 Å². The van der Waals surface area contributed by atoms with Crippen LogP contribution in [0.25, 0.3) is 0 Å². The Morgan fingerprint density at radius 1 is 0.947 bits per heavy atom. The van der Waals surface area contributed by atoms with Crippen molar-refractivity contribution in [1.82, 2.24) is 0 Å². The lowest BCUT2D eigenvalue weighted by Crippen LogP contribution is -2.84. The summed E-state index contributed by atoms with van der Waals surface area (Å²) in [6.45, 7) is 7.27. The Labute approximate surface area is 113 Å². The lowest BCUT2D eigenvalue weighted by Gasteiger charge is -2.64. The molecule has 1 fully saturated rings. The van der Waals surface area contributed by atoms with Crippen LogP contribution in [0.1, 0.15) is 34.6 Å². The maximum absolute atomic E-state index is 11.5. The third kappa shape index (κ3) is 1.64. The van der Waals surface area contributed by atoms with Gasteiger partial charge in [0.1, 0.15) is 16.8 Å². The standard InChI is InChI=1S/C13H24O6/c1-9(8-14)12(4,17-6)10(2,15)11(3,16)13(5,18-7)19-9/h8,15-16H,1-7H3. The molecule has 0 radical (unpaired) electrons. The molecule has 0 aromatic rings. The highest BCUT2D eigenvalue weighted by molar-refractivity contribution is 5.66. The van der Waals surface area contributed by atoms with Gasteiger partial charge in [0.2, 0.25) is 0 Å². The van der Waals surface area contributed by atoms with Gasteiger partial charge < -0.3 is 29.2 Å². The Kier molecular flexibility index (Phi) is 3.68. The van der Waals surface area contributed by atoms with Crippen molar-refractivity contribution in [2.24, 2.45) is 0 Å². The first-order valence-corrected chi connectivity index (χ1v) is 6.10. The van der Waals surface area contributed by atoms with E-state index in [1.165, 1.54) is 48.8 Å². The SMILES string of the molecule is COC1(C)OC(C)(C=O)C(C)(OC)C(C)(O)C1(C)O. The molecule has 1 aliphatic heterocycles. The molecule has 5 atom stereocenters. The molecule has 2 N–H and O–H groups in total. The van der Waals surface area contributed by atoms with E-state index in [2.05, 4.69) is 0 Å². The molecule has 1 heterocycles. The van der Waals surface area contributed by atoms with E-state index < -0.39 is 28.2 Å². The van der Waals surface area contributed by atoms with Crippen molar-refractivity contribution in [3.05, 3.63) is 0 Å². The van der Waals surface area contributed by atoms with E-state index in [0.29, 0.717) is 6.29 Å². The van der Waals surface area contributed by atoms with Crippen molar-refractivity contribution in [1.29, 1.82) is 0 Å². The number of ether oxygens (including phenoxy) is 3. The molecule has 0 spiro atoms. The molecule has 19 heavy (non-hydrogen) atoms. The van der Waals surface area contributed by atoms with Gasteiger partial charge in [0.05, 0.1) is 0 Å². The van der Waals surface area contributed by atoms with Gasteiger partial charge in [-0.25, -0.2) is 0 Å². The first-order valence-electron chi connectivity index (χ1n) is 6.10. The maximum Gasteiger partial charge on any atom is 0.198 e. The molecule has 1 saturated heterocycles. The largest absolute Gasteiger partial charge is 0.384 e. The number of methoxy groups -OCH3 is 2. The third-order valence-electron chi connectivity index (χ3n) is 5.14. The van der Waals surface area contributed by atoms with Crippen molar-refractivity contribution in [3.8, 4) is 0 Å². The van der Waals surface area contributed by atoms with E-state index in [1.54, 1.807) is 0 Å². The molecule has 0 aliphatic carbocycles. The van der Waals surface area contributed by atoms with Crippen molar-refractivity contribution in [2.75, 3.05) is 14.2 Å². The van der Waals surface area contributed by atoms with Crippen molar-refractivity contribution >= 4 is 6.29 Å². The van der Waals surface area contributed by atoms with Gasteiger partial charge in [-0.2, -0.15) is 0 Å². The van der Waals surface area contributed by atoms with Crippen LogP contribution < -0.4 is 0 Å². The van der Waals surface area contributed by atoms with Crippen LogP contribution in [-0.4, -0.2) is 58.9 Å². The monoisotopic (exact) mass is 276 g/mol. The molecule has 6 nitrogen and oxygen atoms in total. The first kappa shape index (κ1) is 16.5. The second kappa shape index (κ2) is 4.23. The van der Waals surface area contributed by atoms with Gasteiger partial charge in [-0.3, -0.25) is 0 Å². The molecule has 5 unspecified atom stereocenters. The number of carbonyl (C=O) groups is 1. The number of hydrogen-bond acceptors (Lipinski definition) is 6. The molecule has 112 valence electrons. The van der Waals surface area contributed by atoms with Gasteiger partial charge in [0, 0.05) is 14.2 Å². The van der Waals surface area contributed by atoms with Gasteiger partial charge in [-0.15, -0.1) is 0 Å². The second-order valence-corrected chi connectivity index (χ2v) is 5.86. The topological polar surface area (TPSA) is 85.2 Å². The summed E-state index contributed by atoms with van der Waals surface area (Å²) in [5.74, 6) is -1.57. The molecular formula is C13H24O6. The average Bonchev–Trinajstić information content (AvgIpc) is 2.35. The zero-order valence-electron chi connectivity index (χ0n) is 12.6. The van der Waals surface area contributed by atoms with Crippen LogP contribution in [0.3, 0.4) is 0 Å². The summed E-state index contributed by atoms with van der Waals surface area (Å²) in [7, 11) is 2.69. The lowest BCUT2D eigenvalue weighted by atomic mass is 9.61. The Balaban J connectivity index is 3.60. The molecule has 6 heteroatoms. The summed E-state index contributed by atoms with van der Waals surface area (Å²) in [6.07, 6.45) is 0.553. The Bertz CT molecular complexity index is 379. The molecule has 0 amide bonds. The molecule has 0 bridgehead atoms. The summed E-state index contributed by atoms with van der Waals surface area (Å²) in [4.78, 5) is 11.5. The molecule has 0 saturated carbocycles. The predicted molar refractivity (Wildman–Crippen MR) is 67.6 cm³/mol. The van der Waals surface area contributed by atoms with Crippen LogP contribution in [0.15, 0.2) is 0 Å². The second-order valence-electron chi connectivity index (χ2n) is 5.86. The molecule has 0 aromatic heterocycles. The van der Waals surface area contributed by atoms with Crippen LogP contribution in [-0.2, 0) is 19.0 Å². The smallest absolute Gasteiger partial charge is 0.198 e. The van der Waals surface area contributed by atoms with E-state index >= 15 is 0 Å². The highest BCUT2D eigenvalue weighted by atomic mass is 16.7. The van der Waals surface area contributed by atoms with Crippen LogP contribution in [0, 0.1) is 0 Å². The fourth-order valence-corrected chi connectivity index (χ4v) is 2.77. The average molecular weight is 276 g/mol. The third-order valence-corrected chi connectivity index (χ3v) is 5.14. The normalized spacial score (nSPS) is 55.0. The number of aliphatic hydroxyl groups is 2. The summed E-state index contributed by atoms with van der Waals surface area (Å²) in [5, 5.41) is 21.6. The maximum atomic E-state index is 11.5. The minimum atomic E-state index is -1.80. The van der Waals surface area contributed by atoms with Crippen LogP contribution in [0.4, 0.5) is 0 Å². The van der Waals surface area contributed by atoms with Gasteiger partial charge in [0.15, 0.2) is 17.7 Å². The predicted octanol–water partition coefficient (Wildman–Crippen LogP) is 0.244. The number of carbonyl (C=O) groups excluding carboxylic acids is 1. The van der Waals surface area contributed by atoms with E-state index in [9.17, 15) is 15.0 Å². The number of rotatable bonds is 3.